The van der Waals surface area contributed by atoms with E-state index in [9.17, 15) is 4.39 Å². The Balaban J connectivity index is 0.00000245. The minimum atomic E-state index is -0.180. The summed E-state index contributed by atoms with van der Waals surface area (Å²) in [5.41, 5.74) is 8.83. The van der Waals surface area contributed by atoms with Crippen molar-refractivity contribution >= 4 is 23.3 Å². The van der Waals surface area contributed by atoms with Crippen LogP contribution in [-0.4, -0.2) is 23.0 Å². The Kier molecular flexibility index (Phi) is 6.68. The van der Waals surface area contributed by atoms with Gasteiger partial charge in [-0.3, -0.25) is 4.90 Å². The number of nitrogens with zero attached hydrogens (tertiary/aromatic N) is 1. The van der Waals surface area contributed by atoms with Crippen molar-refractivity contribution in [2.75, 3.05) is 13.1 Å². The summed E-state index contributed by atoms with van der Waals surface area (Å²) < 4.78 is 14.1. The van der Waals surface area contributed by atoms with Gasteiger partial charge >= 0.3 is 0 Å². The molecule has 0 unspecified atom stereocenters. The molecule has 0 saturated carbocycles. The van der Waals surface area contributed by atoms with Crippen LogP contribution in [0.2, 0.25) is 0 Å². The molecule has 0 spiro atoms. The van der Waals surface area contributed by atoms with Gasteiger partial charge in [-0.05, 0) is 91.7 Å². The van der Waals surface area contributed by atoms with Gasteiger partial charge in [-0.15, -0.1) is 12.4 Å². The van der Waals surface area contributed by atoms with E-state index >= 15 is 0 Å². The first-order chi connectivity index (χ1) is 15.1. The first-order valence-corrected chi connectivity index (χ1v) is 11.2. The molecule has 1 saturated heterocycles. The fourth-order valence-electron chi connectivity index (χ4n) is 5.31. The van der Waals surface area contributed by atoms with Crippen molar-refractivity contribution in [1.82, 2.24) is 9.88 Å². The van der Waals surface area contributed by atoms with E-state index in [2.05, 4.69) is 66.2 Å². The zero-order valence-electron chi connectivity index (χ0n) is 18.7. The highest BCUT2D eigenvalue weighted by Gasteiger charge is 2.25. The smallest absolute Gasteiger partial charge is 0.123 e. The largest absolute Gasteiger partial charge is 0.354 e. The number of aromatic amines is 1. The fraction of sp³-hybridized carbons (Fsp3) is 0.286. The summed E-state index contributed by atoms with van der Waals surface area (Å²) in [6, 6.07) is 22.1. The summed E-state index contributed by atoms with van der Waals surface area (Å²) >= 11 is 0. The number of aromatic nitrogens is 1. The number of rotatable bonds is 4. The van der Waals surface area contributed by atoms with Crippen molar-refractivity contribution in [2.45, 2.75) is 39.2 Å². The predicted octanol–water partition coefficient (Wildman–Crippen LogP) is 7.39. The van der Waals surface area contributed by atoms with Crippen LogP contribution in [0.5, 0.6) is 0 Å². The van der Waals surface area contributed by atoms with Crippen LogP contribution in [0, 0.1) is 19.7 Å². The van der Waals surface area contributed by atoms with Crippen LogP contribution in [0.25, 0.3) is 22.2 Å². The minimum absolute atomic E-state index is 0. The van der Waals surface area contributed by atoms with E-state index in [-0.39, 0.29) is 18.2 Å². The molecule has 1 aliphatic rings. The van der Waals surface area contributed by atoms with Crippen LogP contribution < -0.4 is 0 Å². The maximum absolute atomic E-state index is 14.1. The second-order valence-corrected chi connectivity index (χ2v) is 8.89. The first kappa shape index (κ1) is 22.6. The number of aryl methyl sites for hydroxylation is 2. The Bertz CT molecular complexity index is 1190. The van der Waals surface area contributed by atoms with Gasteiger partial charge < -0.3 is 4.98 Å². The van der Waals surface area contributed by atoms with Gasteiger partial charge in [0, 0.05) is 17.4 Å². The zero-order chi connectivity index (χ0) is 21.4. The molecule has 2 heterocycles. The molecule has 0 radical (unpaired) electrons. The number of likely N-dealkylation sites (tertiary alicyclic amines) is 1. The number of hydrogen-bond donors (Lipinski definition) is 1. The molecule has 0 amide bonds. The van der Waals surface area contributed by atoms with Crippen molar-refractivity contribution in [2.24, 2.45) is 0 Å². The molecule has 32 heavy (non-hydrogen) atoms. The number of benzene rings is 3. The van der Waals surface area contributed by atoms with E-state index in [1.807, 2.05) is 12.1 Å². The topological polar surface area (TPSA) is 19.0 Å². The van der Waals surface area contributed by atoms with E-state index in [1.165, 1.54) is 35.6 Å². The summed E-state index contributed by atoms with van der Waals surface area (Å²) in [6.07, 6.45) is 2.34. The highest BCUT2D eigenvalue weighted by atomic mass is 35.5. The summed E-state index contributed by atoms with van der Waals surface area (Å²) in [6.45, 7) is 7.44. The van der Waals surface area contributed by atoms with Gasteiger partial charge in [-0.1, -0.05) is 48.5 Å². The van der Waals surface area contributed by atoms with Crippen LogP contribution >= 0.6 is 12.4 Å². The van der Waals surface area contributed by atoms with Gasteiger partial charge in [0.15, 0.2) is 0 Å². The van der Waals surface area contributed by atoms with E-state index < -0.39 is 0 Å². The number of H-pyrrole nitrogens is 1. The van der Waals surface area contributed by atoms with Gasteiger partial charge in [0.05, 0.1) is 5.69 Å². The van der Waals surface area contributed by atoms with Crippen molar-refractivity contribution in [3.05, 3.63) is 94.8 Å². The lowest BCUT2D eigenvalue weighted by molar-refractivity contribution is 0.205. The molecule has 5 rings (SSSR count). The van der Waals surface area contributed by atoms with Gasteiger partial charge in [0.25, 0.3) is 0 Å². The lowest BCUT2D eigenvalue weighted by Crippen LogP contribution is -2.33. The molecular formula is C28H30ClFN2. The lowest BCUT2D eigenvalue weighted by Gasteiger charge is -2.33. The van der Waals surface area contributed by atoms with Gasteiger partial charge in [0.2, 0.25) is 0 Å². The molecule has 1 fully saturated rings. The number of nitrogens with one attached hydrogen (secondary N) is 1. The number of halogens is 2. The Hall–Kier alpha value is -2.62. The maximum Gasteiger partial charge on any atom is 0.123 e. The number of piperidine rings is 1. The van der Waals surface area contributed by atoms with Crippen LogP contribution in [0.4, 0.5) is 4.39 Å². The van der Waals surface area contributed by atoms with Gasteiger partial charge in [-0.25, -0.2) is 4.39 Å². The molecule has 4 heteroatoms. The summed E-state index contributed by atoms with van der Waals surface area (Å²) in [5.74, 6) is 0.451. The molecule has 0 aliphatic carbocycles. The quantitative estimate of drug-likeness (QED) is 0.344. The number of hydrogen-bond acceptors (Lipinski definition) is 1. The van der Waals surface area contributed by atoms with Gasteiger partial charge in [-0.2, -0.15) is 0 Å². The van der Waals surface area contributed by atoms with Crippen LogP contribution in [0.1, 0.15) is 41.0 Å². The van der Waals surface area contributed by atoms with Crippen molar-refractivity contribution in [3.8, 4) is 11.3 Å². The molecule has 3 aromatic carbocycles. The zero-order valence-corrected chi connectivity index (χ0v) is 19.5. The summed E-state index contributed by atoms with van der Waals surface area (Å²) in [7, 11) is 0. The third kappa shape index (κ3) is 4.32. The average Bonchev–Trinajstić information content (AvgIpc) is 3.13. The van der Waals surface area contributed by atoms with Crippen molar-refractivity contribution in [1.29, 1.82) is 0 Å². The second kappa shape index (κ2) is 9.48. The average molecular weight is 449 g/mol. The normalized spacial score (nSPS) is 15.1. The van der Waals surface area contributed by atoms with Crippen molar-refractivity contribution in [3.63, 3.8) is 0 Å². The standard InChI is InChI=1S/C28H29FN2.ClH/c1-19-7-6-8-20(2)27(19)21-13-15-31(16-14-21)18-25-24-17-23(29)11-12-26(24)30-28(25)22-9-4-3-5-10-22;/h3-12,17,21,30H,13-16,18H2,1-2H3;1H. The number of fused-ring (bicyclic) bond motifs is 1. The highest BCUT2D eigenvalue weighted by molar-refractivity contribution is 5.90. The molecule has 1 aliphatic heterocycles. The molecule has 1 aromatic heterocycles. The molecule has 4 aromatic rings. The molecule has 2 nitrogen and oxygen atoms in total. The molecule has 166 valence electrons. The van der Waals surface area contributed by atoms with E-state index in [0.29, 0.717) is 5.92 Å². The Morgan fingerprint density at radius 3 is 2.28 bits per heavy atom. The Labute approximate surface area is 195 Å². The van der Waals surface area contributed by atoms with E-state index in [4.69, 9.17) is 0 Å². The molecule has 0 bridgehead atoms. The minimum Gasteiger partial charge on any atom is -0.354 e. The van der Waals surface area contributed by atoms with Crippen LogP contribution in [0.15, 0.2) is 66.7 Å². The van der Waals surface area contributed by atoms with Crippen LogP contribution in [0.3, 0.4) is 0 Å². The van der Waals surface area contributed by atoms with E-state index in [1.54, 1.807) is 11.6 Å². The fourth-order valence-corrected chi connectivity index (χ4v) is 5.31. The van der Waals surface area contributed by atoms with Gasteiger partial charge in [0.1, 0.15) is 5.82 Å². The maximum atomic E-state index is 14.1. The van der Waals surface area contributed by atoms with E-state index in [0.717, 1.165) is 41.8 Å². The summed E-state index contributed by atoms with van der Waals surface area (Å²) in [4.78, 5) is 6.09. The first-order valence-electron chi connectivity index (χ1n) is 11.2. The molecular weight excluding hydrogens is 419 g/mol. The lowest BCUT2D eigenvalue weighted by atomic mass is 9.84. The molecule has 1 N–H and O–H groups in total. The Morgan fingerprint density at radius 2 is 1.59 bits per heavy atom. The monoisotopic (exact) mass is 448 g/mol. The third-order valence-electron chi connectivity index (χ3n) is 6.85. The predicted molar refractivity (Wildman–Crippen MR) is 134 cm³/mol. The highest BCUT2D eigenvalue weighted by Crippen LogP contribution is 2.36. The van der Waals surface area contributed by atoms with Crippen molar-refractivity contribution < 1.29 is 4.39 Å². The molecule has 0 atom stereocenters. The SMILES string of the molecule is Cc1cccc(C)c1C1CCN(Cc2c(-c3ccccc3)[nH]c3ccc(F)cc23)CC1.Cl. The third-order valence-corrected chi connectivity index (χ3v) is 6.85. The van der Waals surface area contributed by atoms with Crippen LogP contribution in [-0.2, 0) is 6.54 Å². The summed E-state index contributed by atoms with van der Waals surface area (Å²) in [5, 5.41) is 0.996. The Morgan fingerprint density at radius 1 is 0.906 bits per heavy atom. The second-order valence-electron chi connectivity index (χ2n) is 8.89.